The predicted octanol–water partition coefficient (Wildman–Crippen LogP) is 8.52. The van der Waals surface area contributed by atoms with E-state index in [1.54, 1.807) is 6.20 Å². The fourth-order valence-corrected chi connectivity index (χ4v) is 6.24. The van der Waals surface area contributed by atoms with Crippen molar-refractivity contribution in [2.75, 3.05) is 0 Å². The molecule has 5 nitrogen and oxygen atoms in total. The van der Waals surface area contributed by atoms with Crippen molar-refractivity contribution in [2.24, 2.45) is 0 Å². The molecule has 0 radical (unpaired) electrons. The van der Waals surface area contributed by atoms with Gasteiger partial charge in [-0.3, -0.25) is 4.40 Å². The Hall–Kier alpha value is -5.42. The summed E-state index contributed by atoms with van der Waals surface area (Å²) in [7, 11) is 0. The van der Waals surface area contributed by atoms with Gasteiger partial charge in [-0.15, -0.1) is 0 Å². The van der Waals surface area contributed by atoms with Crippen LogP contribution in [0, 0.1) is 0 Å². The molecule has 0 N–H and O–H groups in total. The van der Waals surface area contributed by atoms with Crippen molar-refractivity contribution in [2.45, 2.75) is 0 Å². The van der Waals surface area contributed by atoms with Crippen LogP contribution in [0.3, 0.4) is 0 Å². The summed E-state index contributed by atoms with van der Waals surface area (Å²) in [6.45, 7) is 0. The van der Waals surface area contributed by atoms with Crippen LogP contribution in [0.4, 0.5) is 0 Å². The summed E-state index contributed by atoms with van der Waals surface area (Å²) in [6.07, 6.45) is 3.62. The van der Waals surface area contributed by atoms with Crippen LogP contribution in [0.15, 0.2) is 122 Å². The van der Waals surface area contributed by atoms with E-state index in [9.17, 15) is 0 Å². The zero-order valence-electron chi connectivity index (χ0n) is 20.7. The predicted molar refractivity (Wildman–Crippen MR) is 158 cm³/mol. The lowest BCUT2D eigenvalue weighted by molar-refractivity contribution is 0.463. The molecule has 0 atom stereocenters. The lowest BCUT2D eigenvalue weighted by Crippen LogP contribution is -1.95. The number of rotatable bonds is 3. The molecular weight excluding hydrogens is 480 g/mol. The van der Waals surface area contributed by atoms with Crippen molar-refractivity contribution >= 4 is 60.0 Å². The first-order valence-electron chi connectivity index (χ1n) is 13.0. The Balaban J connectivity index is 1.35. The smallest absolute Gasteiger partial charge is 0.219 e. The van der Waals surface area contributed by atoms with E-state index in [1.165, 1.54) is 37.8 Å². The van der Waals surface area contributed by atoms with Crippen LogP contribution < -0.4 is 4.74 Å². The number of pyridine rings is 2. The maximum Gasteiger partial charge on any atom is 0.219 e. The Morgan fingerprint density at radius 1 is 0.513 bits per heavy atom. The van der Waals surface area contributed by atoms with Crippen molar-refractivity contribution in [3.63, 3.8) is 0 Å². The molecule has 182 valence electrons. The lowest BCUT2D eigenvalue weighted by Gasteiger charge is -2.10. The summed E-state index contributed by atoms with van der Waals surface area (Å²) in [5.41, 5.74) is 6.70. The Morgan fingerprint density at radius 3 is 2.18 bits per heavy atom. The Morgan fingerprint density at radius 2 is 1.26 bits per heavy atom. The number of aromatic nitrogens is 4. The van der Waals surface area contributed by atoms with Gasteiger partial charge in [0.05, 0.1) is 22.1 Å². The molecule has 39 heavy (non-hydrogen) atoms. The molecule has 0 aliphatic carbocycles. The van der Waals surface area contributed by atoms with Crippen LogP contribution >= 0.6 is 0 Å². The summed E-state index contributed by atoms with van der Waals surface area (Å²) in [5, 5.41) is 7.28. The molecule has 0 spiro atoms. The summed E-state index contributed by atoms with van der Waals surface area (Å²) in [6, 6.07) is 38.0. The highest BCUT2D eigenvalue weighted by Crippen LogP contribution is 2.40. The van der Waals surface area contributed by atoms with E-state index in [0.29, 0.717) is 5.88 Å². The minimum absolute atomic E-state index is 0.575. The van der Waals surface area contributed by atoms with Gasteiger partial charge >= 0.3 is 0 Å². The molecule has 0 fully saturated rings. The second-order valence-corrected chi connectivity index (χ2v) is 9.91. The maximum absolute atomic E-state index is 6.13. The molecule has 5 heterocycles. The molecule has 9 rings (SSSR count). The molecule has 0 unspecified atom stereocenters. The molecule has 4 aromatic carbocycles. The molecule has 0 aliphatic heterocycles. The number of hydrogen-bond acceptors (Lipinski definition) is 3. The molecule has 9 aromatic rings. The average Bonchev–Trinajstić information content (AvgIpc) is 3.62. The quantitative estimate of drug-likeness (QED) is 0.244. The number of para-hydroxylation sites is 2. The summed E-state index contributed by atoms with van der Waals surface area (Å²) >= 11 is 0. The van der Waals surface area contributed by atoms with E-state index < -0.39 is 0 Å². The second-order valence-electron chi connectivity index (χ2n) is 9.91. The van der Waals surface area contributed by atoms with Gasteiger partial charge in [0.1, 0.15) is 11.4 Å². The van der Waals surface area contributed by atoms with Crippen LogP contribution in [0.25, 0.3) is 65.7 Å². The highest BCUT2D eigenvalue weighted by molar-refractivity contribution is 6.22. The zero-order valence-corrected chi connectivity index (χ0v) is 20.7. The third kappa shape index (κ3) is 2.79. The number of ether oxygens (including phenoxy) is 1. The van der Waals surface area contributed by atoms with Crippen LogP contribution in [0.2, 0.25) is 0 Å². The van der Waals surface area contributed by atoms with Gasteiger partial charge in [-0.05, 0) is 48.5 Å². The Bertz CT molecular complexity index is 2370. The molecule has 0 bridgehead atoms. The second kappa shape index (κ2) is 7.55. The number of benzene rings is 4. The average molecular weight is 501 g/mol. The summed E-state index contributed by atoms with van der Waals surface area (Å²) in [4.78, 5) is 9.14. The standard InChI is InChI=1S/C34H20N4O/c1-2-11-29-23(7-1)24-16-14-22(39-32-12-3-4-17-35-32)20-31(24)37(29)21-13-15-25-26-8-5-9-27-28-10-6-18-36-34(28)38(33(26)27)30(25)19-21/h1-20H. The van der Waals surface area contributed by atoms with Gasteiger partial charge < -0.3 is 9.30 Å². The highest BCUT2D eigenvalue weighted by Gasteiger charge is 2.19. The van der Waals surface area contributed by atoms with E-state index in [2.05, 4.69) is 92.8 Å². The van der Waals surface area contributed by atoms with Gasteiger partial charge in [0, 0.05) is 62.5 Å². The molecule has 0 amide bonds. The van der Waals surface area contributed by atoms with Crippen molar-refractivity contribution in [1.82, 2.24) is 18.9 Å². The van der Waals surface area contributed by atoms with Gasteiger partial charge in [-0.2, -0.15) is 0 Å². The van der Waals surface area contributed by atoms with Gasteiger partial charge in [-0.25, -0.2) is 9.97 Å². The minimum Gasteiger partial charge on any atom is -0.439 e. The highest BCUT2D eigenvalue weighted by atomic mass is 16.5. The zero-order chi connectivity index (χ0) is 25.5. The van der Waals surface area contributed by atoms with Crippen molar-refractivity contribution in [3.8, 4) is 17.3 Å². The molecule has 0 saturated heterocycles. The third-order valence-electron chi connectivity index (χ3n) is 7.82. The summed E-state index contributed by atoms with van der Waals surface area (Å²) < 4.78 is 10.8. The molecule has 5 heteroatoms. The number of nitrogens with zero attached hydrogens (tertiary/aromatic N) is 4. The van der Waals surface area contributed by atoms with Crippen molar-refractivity contribution in [1.29, 1.82) is 0 Å². The maximum atomic E-state index is 6.13. The van der Waals surface area contributed by atoms with E-state index in [1.807, 2.05) is 36.5 Å². The molecule has 0 aliphatic rings. The molecule has 0 saturated carbocycles. The van der Waals surface area contributed by atoms with Gasteiger partial charge in [0.2, 0.25) is 5.88 Å². The Kier molecular flexibility index (Phi) is 3.99. The van der Waals surface area contributed by atoms with E-state index in [-0.39, 0.29) is 0 Å². The van der Waals surface area contributed by atoms with Gasteiger partial charge in [-0.1, -0.05) is 48.5 Å². The monoisotopic (exact) mass is 500 g/mol. The van der Waals surface area contributed by atoms with E-state index in [0.717, 1.165) is 33.6 Å². The van der Waals surface area contributed by atoms with Crippen molar-refractivity contribution < 1.29 is 4.74 Å². The Labute approximate surface area is 222 Å². The minimum atomic E-state index is 0.575. The fourth-order valence-electron chi connectivity index (χ4n) is 6.24. The van der Waals surface area contributed by atoms with E-state index in [4.69, 9.17) is 9.72 Å². The molecular formula is C34H20N4O. The largest absolute Gasteiger partial charge is 0.439 e. The van der Waals surface area contributed by atoms with Crippen LogP contribution in [-0.4, -0.2) is 18.9 Å². The van der Waals surface area contributed by atoms with Crippen LogP contribution in [0.1, 0.15) is 0 Å². The van der Waals surface area contributed by atoms with E-state index >= 15 is 0 Å². The third-order valence-corrected chi connectivity index (χ3v) is 7.82. The van der Waals surface area contributed by atoms with Gasteiger partial charge in [0.25, 0.3) is 0 Å². The summed E-state index contributed by atoms with van der Waals surface area (Å²) in [5.74, 6) is 1.33. The fraction of sp³-hybridized carbons (Fsp3) is 0. The topological polar surface area (TPSA) is 44.4 Å². The lowest BCUT2D eigenvalue weighted by atomic mass is 10.1. The normalized spacial score (nSPS) is 12.1. The first kappa shape index (κ1) is 20.6. The number of fused-ring (bicyclic) bond motifs is 9. The molecule has 5 aromatic heterocycles. The number of hydrogen-bond donors (Lipinski definition) is 0. The first-order chi connectivity index (χ1) is 19.3. The van der Waals surface area contributed by atoms with Crippen LogP contribution in [-0.2, 0) is 0 Å². The SMILES string of the molecule is c1ccc(Oc2ccc3c4ccccc4n(-c4ccc5c6cccc7c8cccnc8n(c5c4)c67)c3c2)nc1. The van der Waals surface area contributed by atoms with Gasteiger partial charge in [0.15, 0.2) is 0 Å². The first-order valence-corrected chi connectivity index (χ1v) is 13.0. The van der Waals surface area contributed by atoms with Crippen molar-refractivity contribution in [3.05, 3.63) is 122 Å². The van der Waals surface area contributed by atoms with Crippen LogP contribution in [0.5, 0.6) is 11.6 Å².